The van der Waals surface area contributed by atoms with Gasteiger partial charge in [-0.1, -0.05) is 0 Å². The summed E-state index contributed by atoms with van der Waals surface area (Å²) in [5.41, 5.74) is 1.24. The molecule has 0 saturated carbocycles. The van der Waals surface area contributed by atoms with Crippen molar-refractivity contribution in [3.05, 3.63) is 39.8 Å². The third-order valence-electron chi connectivity index (χ3n) is 4.16. The minimum Gasteiger partial charge on any atom is -0.478 e. The molecule has 0 bridgehead atoms. The number of aryl methyl sites for hydroxylation is 1. The van der Waals surface area contributed by atoms with E-state index in [1.54, 1.807) is 22.3 Å². The van der Waals surface area contributed by atoms with Gasteiger partial charge in [-0.2, -0.15) is 5.10 Å². The lowest BCUT2D eigenvalue weighted by molar-refractivity contribution is -0.120. The number of thiophene rings is 1. The summed E-state index contributed by atoms with van der Waals surface area (Å²) >= 11 is 1.29. The third kappa shape index (κ3) is 3.65. The number of ether oxygens (including phenoxy) is 1. The highest BCUT2D eigenvalue weighted by Gasteiger charge is 2.31. The topological polar surface area (TPSA) is 93.5 Å². The Labute approximate surface area is 143 Å². The third-order valence-corrected chi connectivity index (χ3v) is 5.10. The zero-order chi connectivity index (χ0) is 17.1. The Hall–Kier alpha value is -2.19. The van der Waals surface area contributed by atoms with Crippen molar-refractivity contribution < 1.29 is 19.4 Å². The number of carboxylic acid groups (broad SMARTS) is 1. The zero-order valence-electron chi connectivity index (χ0n) is 13.3. The van der Waals surface area contributed by atoms with E-state index in [9.17, 15) is 9.59 Å². The minimum absolute atomic E-state index is 0.0573. The van der Waals surface area contributed by atoms with E-state index in [1.165, 1.54) is 11.3 Å². The molecule has 2 N–H and O–H groups in total. The number of hydrogen-bond acceptors (Lipinski definition) is 5. The molecule has 0 unspecified atom stereocenters. The molecule has 1 aliphatic rings. The van der Waals surface area contributed by atoms with Gasteiger partial charge in [-0.15, -0.1) is 11.3 Å². The predicted molar refractivity (Wildman–Crippen MR) is 88.0 cm³/mol. The van der Waals surface area contributed by atoms with Crippen molar-refractivity contribution in [2.75, 3.05) is 13.2 Å². The van der Waals surface area contributed by atoms with Crippen molar-refractivity contribution >= 4 is 23.2 Å². The molecule has 8 heteroatoms. The van der Waals surface area contributed by atoms with Gasteiger partial charge in [-0.25, -0.2) is 4.79 Å². The molecule has 7 nitrogen and oxygen atoms in total. The van der Waals surface area contributed by atoms with Crippen LogP contribution in [0.25, 0.3) is 0 Å². The lowest BCUT2D eigenvalue weighted by Crippen LogP contribution is -2.31. The maximum Gasteiger partial charge on any atom is 0.336 e. The number of carbonyl (C=O) groups is 2. The van der Waals surface area contributed by atoms with E-state index < -0.39 is 5.97 Å². The van der Waals surface area contributed by atoms with Crippen LogP contribution in [0, 0.1) is 5.92 Å². The first-order valence-corrected chi connectivity index (χ1v) is 8.59. The minimum atomic E-state index is -0.972. The average molecular weight is 349 g/mol. The molecular formula is C16H19N3O4S. The highest BCUT2D eigenvalue weighted by atomic mass is 32.1. The van der Waals surface area contributed by atoms with Crippen LogP contribution in [0.15, 0.2) is 23.7 Å². The molecule has 1 saturated heterocycles. The Balaban J connectivity index is 1.53. The van der Waals surface area contributed by atoms with Crippen LogP contribution in [0.3, 0.4) is 0 Å². The predicted octanol–water partition coefficient (Wildman–Crippen LogP) is 1.62. The lowest BCUT2D eigenvalue weighted by atomic mass is 9.99. The first-order valence-electron chi connectivity index (χ1n) is 7.71. The van der Waals surface area contributed by atoms with Crippen LogP contribution in [0.2, 0.25) is 0 Å². The quantitative estimate of drug-likeness (QED) is 0.826. The number of aromatic nitrogens is 2. The molecule has 2 aromatic heterocycles. The van der Waals surface area contributed by atoms with Crippen LogP contribution in [-0.4, -0.2) is 39.9 Å². The van der Waals surface area contributed by atoms with Crippen molar-refractivity contribution in [1.29, 1.82) is 0 Å². The fourth-order valence-electron chi connectivity index (χ4n) is 2.88. The van der Waals surface area contributed by atoms with Crippen molar-refractivity contribution in [2.24, 2.45) is 13.0 Å². The van der Waals surface area contributed by atoms with E-state index in [2.05, 4.69) is 10.4 Å². The highest BCUT2D eigenvalue weighted by Crippen LogP contribution is 2.33. The number of carbonyl (C=O) groups excluding carboxylic acids is 1. The molecule has 2 atom stereocenters. The fourth-order valence-corrected chi connectivity index (χ4v) is 3.74. The van der Waals surface area contributed by atoms with E-state index in [0.29, 0.717) is 13.2 Å². The standard InChI is InChI=1S/C16H19N3O4S/c1-19-13(2-4-18-19)15-10(3-5-23-15)8-17-14(20)7-12-6-11(9-24-12)16(21)22/h2,4,6,9-10,15H,3,5,7-8H2,1H3,(H,17,20)(H,21,22)/t10-,15+/m0/s1. The maximum absolute atomic E-state index is 12.1. The number of nitrogens with zero attached hydrogens (tertiary/aromatic N) is 2. The number of nitrogens with one attached hydrogen (secondary N) is 1. The Morgan fingerprint density at radius 2 is 2.38 bits per heavy atom. The van der Waals surface area contributed by atoms with E-state index in [1.807, 2.05) is 13.1 Å². The fraction of sp³-hybridized carbons (Fsp3) is 0.438. The van der Waals surface area contributed by atoms with E-state index >= 15 is 0 Å². The highest BCUT2D eigenvalue weighted by molar-refractivity contribution is 7.10. The van der Waals surface area contributed by atoms with E-state index in [0.717, 1.165) is 17.0 Å². The van der Waals surface area contributed by atoms with Gasteiger partial charge in [0, 0.05) is 42.6 Å². The summed E-state index contributed by atoms with van der Waals surface area (Å²) in [4.78, 5) is 23.7. The van der Waals surface area contributed by atoms with Crippen molar-refractivity contribution in [3.8, 4) is 0 Å². The smallest absolute Gasteiger partial charge is 0.336 e. The van der Waals surface area contributed by atoms with Gasteiger partial charge in [0.2, 0.25) is 5.91 Å². The molecule has 0 aromatic carbocycles. The number of rotatable bonds is 6. The number of carboxylic acids is 1. The lowest BCUT2D eigenvalue weighted by Gasteiger charge is -2.19. The molecule has 1 fully saturated rings. The van der Waals surface area contributed by atoms with Crippen LogP contribution in [0.1, 0.15) is 33.5 Å². The average Bonchev–Trinajstić information content (AvgIpc) is 3.25. The van der Waals surface area contributed by atoms with E-state index in [4.69, 9.17) is 9.84 Å². The van der Waals surface area contributed by atoms with Crippen molar-refractivity contribution in [1.82, 2.24) is 15.1 Å². The second kappa shape index (κ2) is 7.14. The summed E-state index contributed by atoms with van der Waals surface area (Å²) in [5, 5.41) is 17.6. The summed E-state index contributed by atoms with van der Waals surface area (Å²) in [6, 6.07) is 3.48. The molecule has 0 aliphatic carbocycles. The SMILES string of the molecule is Cn1nccc1[C@@H]1OCC[C@H]1CNC(=O)Cc1cc(C(=O)O)cs1. The zero-order valence-corrected chi connectivity index (χ0v) is 14.1. The molecule has 1 aliphatic heterocycles. The second-order valence-corrected chi connectivity index (χ2v) is 6.80. The van der Waals surface area contributed by atoms with Gasteiger partial charge in [0.1, 0.15) is 6.10 Å². The van der Waals surface area contributed by atoms with Gasteiger partial charge in [0.05, 0.1) is 17.7 Å². The van der Waals surface area contributed by atoms with Gasteiger partial charge in [0.15, 0.2) is 0 Å². The summed E-state index contributed by atoms with van der Waals surface area (Å²) in [6.07, 6.45) is 2.77. The normalized spacial score (nSPS) is 20.2. The first-order chi connectivity index (χ1) is 11.5. The Morgan fingerprint density at radius 1 is 1.54 bits per heavy atom. The molecule has 2 aromatic rings. The molecule has 24 heavy (non-hydrogen) atoms. The molecule has 3 heterocycles. The second-order valence-electron chi connectivity index (χ2n) is 5.81. The van der Waals surface area contributed by atoms with Crippen LogP contribution in [0.5, 0.6) is 0 Å². The van der Waals surface area contributed by atoms with Gasteiger partial charge in [-0.3, -0.25) is 9.48 Å². The van der Waals surface area contributed by atoms with Crippen LogP contribution >= 0.6 is 11.3 Å². The number of hydrogen-bond donors (Lipinski definition) is 2. The summed E-state index contributed by atoms with van der Waals surface area (Å²) in [6.45, 7) is 1.20. The monoisotopic (exact) mass is 349 g/mol. The van der Waals surface area contributed by atoms with Gasteiger partial charge >= 0.3 is 5.97 Å². The van der Waals surface area contributed by atoms with Crippen molar-refractivity contribution in [3.63, 3.8) is 0 Å². The molecule has 0 spiro atoms. The molecular weight excluding hydrogens is 330 g/mol. The summed E-state index contributed by atoms with van der Waals surface area (Å²) in [5.74, 6) is -0.869. The largest absolute Gasteiger partial charge is 0.478 e. The van der Waals surface area contributed by atoms with Crippen LogP contribution in [0.4, 0.5) is 0 Å². The maximum atomic E-state index is 12.1. The Morgan fingerprint density at radius 3 is 3.04 bits per heavy atom. The first kappa shape index (κ1) is 16.7. The Bertz CT molecular complexity index is 739. The molecule has 128 valence electrons. The Kier molecular flexibility index (Phi) is 4.96. The van der Waals surface area contributed by atoms with Gasteiger partial charge < -0.3 is 15.2 Å². The van der Waals surface area contributed by atoms with Crippen LogP contribution < -0.4 is 5.32 Å². The van der Waals surface area contributed by atoms with Gasteiger partial charge in [0.25, 0.3) is 0 Å². The number of amides is 1. The molecule has 1 amide bonds. The van der Waals surface area contributed by atoms with Gasteiger partial charge in [-0.05, 0) is 18.6 Å². The molecule has 3 rings (SSSR count). The van der Waals surface area contributed by atoms with Crippen LogP contribution in [-0.2, 0) is 23.0 Å². The summed E-state index contributed by atoms with van der Waals surface area (Å²) < 4.78 is 7.59. The van der Waals surface area contributed by atoms with E-state index in [-0.39, 0.29) is 29.9 Å². The van der Waals surface area contributed by atoms with Crippen molar-refractivity contribution in [2.45, 2.75) is 18.9 Å². The summed E-state index contributed by atoms with van der Waals surface area (Å²) in [7, 11) is 1.88. The number of aromatic carboxylic acids is 1. The molecule has 0 radical (unpaired) electrons.